The molecule has 2 unspecified atom stereocenters. The Balaban J connectivity index is 1.87. The summed E-state index contributed by atoms with van der Waals surface area (Å²) < 4.78 is 0. The Kier molecular flexibility index (Phi) is 4.28. The topological polar surface area (TPSA) is 52.6 Å². The van der Waals surface area contributed by atoms with Gasteiger partial charge in [-0.25, -0.2) is 0 Å². The summed E-state index contributed by atoms with van der Waals surface area (Å²) in [6.45, 7) is 0. The van der Waals surface area contributed by atoms with Gasteiger partial charge < -0.3 is 15.3 Å². The quantitative estimate of drug-likeness (QED) is 0.798. The molecule has 0 saturated heterocycles. The van der Waals surface area contributed by atoms with E-state index >= 15 is 0 Å². The second kappa shape index (κ2) is 5.57. The molecule has 0 radical (unpaired) electrons. The van der Waals surface area contributed by atoms with Gasteiger partial charge in [0.1, 0.15) is 5.60 Å². The lowest BCUT2D eigenvalue weighted by atomic mass is 9.89. The van der Waals surface area contributed by atoms with E-state index in [1.54, 1.807) is 0 Å². The molecule has 0 aromatic heterocycles. The summed E-state index contributed by atoms with van der Waals surface area (Å²) in [5.74, 6) is -0.135. The van der Waals surface area contributed by atoms with Crippen LogP contribution in [0.15, 0.2) is 0 Å². The highest BCUT2D eigenvalue weighted by Crippen LogP contribution is 2.30. The maximum Gasteiger partial charge on any atom is 0.252 e. The third-order valence-corrected chi connectivity index (χ3v) is 4.57. The monoisotopic (exact) mass is 254 g/mol. The van der Waals surface area contributed by atoms with Crippen LogP contribution in [0.1, 0.15) is 51.4 Å². The maximum absolute atomic E-state index is 12.1. The molecule has 0 aromatic rings. The van der Waals surface area contributed by atoms with E-state index in [-0.39, 0.29) is 11.9 Å². The first-order valence-corrected chi connectivity index (χ1v) is 7.21. The predicted molar refractivity (Wildman–Crippen MR) is 71.3 cm³/mol. The van der Waals surface area contributed by atoms with Crippen molar-refractivity contribution in [3.63, 3.8) is 0 Å². The van der Waals surface area contributed by atoms with Crippen molar-refractivity contribution in [2.45, 2.75) is 69.1 Å². The normalized spacial score (nSPS) is 31.6. The maximum atomic E-state index is 12.1. The lowest BCUT2D eigenvalue weighted by Gasteiger charge is -2.35. The summed E-state index contributed by atoms with van der Waals surface area (Å²) in [5.41, 5.74) is -1.08. The molecule has 2 saturated carbocycles. The molecule has 0 aliphatic heterocycles. The fourth-order valence-electron chi connectivity index (χ4n) is 3.27. The number of nitrogens with one attached hydrogen (secondary N) is 1. The molecule has 2 N–H and O–H groups in total. The Bertz CT molecular complexity index is 298. The van der Waals surface area contributed by atoms with Crippen molar-refractivity contribution in [1.29, 1.82) is 0 Å². The Morgan fingerprint density at radius 1 is 1.22 bits per heavy atom. The Morgan fingerprint density at radius 3 is 2.50 bits per heavy atom. The minimum Gasteiger partial charge on any atom is -0.380 e. The number of nitrogens with zero attached hydrogens (tertiary/aromatic N) is 1. The van der Waals surface area contributed by atoms with Crippen LogP contribution in [0.3, 0.4) is 0 Å². The number of carbonyl (C=O) groups excluding carboxylic acids is 1. The average Bonchev–Trinajstić information content (AvgIpc) is 2.78. The third-order valence-electron chi connectivity index (χ3n) is 4.57. The van der Waals surface area contributed by atoms with E-state index in [9.17, 15) is 9.90 Å². The number of aliphatic hydroxyl groups is 1. The van der Waals surface area contributed by atoms with E-state index in [0.717, 1.165) is 32.1 Å². The molecule has 2 rings (SSSR count). The lowest BCUT2D eigenvalue weighted by Crippen LogP contribution is -2.51. The summed E-state index contributed by atoms with van der Waals surface area (Å²) >= 11 is 0. The number of carbonyl (C=O) groups is 1. The van der Waals surface area contributed by atoms with Crippen LogP contribution in [0, 0.1) is 0 Å². The van der Waals surface area contributed by atoms with Crippen LogP contribution in [-0.4, -0.2) is 47.7 Å². The number of rotatable bonds is 3. The van der Waals surface area contributed by atoms with E-state index in [2.05, 4.69) is 24.3 Å². The molecule has 2 aliphatic carbocycles. The van der Waals surface area contributed by atoms with Crippen LogP contribution in [0.2, 0.25) is 0 Å². The number of amides is 1. The van der Waals surface area contributed by atoms with Gasteiger partial charge in [0.05, 0.1) is 0 Å². The molecule has 0 spiro atoms. The van der Waals surface area contributed by atoms with Gasteiger partial charge in [-0.3, -0.25) is 4.79 Å². The zero-order valence-corrected chi connectivity index (χ0v) is 11.6. The van der Waals surface area contributed by atoms with Gasteiger partial charge in [-0.15, -0.1) is 0 Å². The predicted octanol–water partition coefficient (Wildman–Crippen LogP) is 1.28. The van der Waals surface area contributed by atoms with Crippen LogP contribution < -0.4 is 5.32 Å². The second-order valence-electron chi connectivity index (χ2n) is 6.19. The molecule has 0 aromatic carbocycles. The van der Waals surface area contributed by atoms with Gasteiger partial charge in [-0.2, -0.15) is 0 Å². The molecule has 1 amide bonds. The Labute approximate surface area is 110 Å². The lowest BCUT2D eigenvalue weighted by molar-refractivity contribution is -0.140. The molecular formula is C14H26N2O2. The van der Waals surface area contributed by atoms with E-state index in [1.807, 2.05) is 0 Å². The van der Waals surface area contributed by atoms with Crippen molar-refractivity contribution >= 4 is 5.91 Å². The molecule has 4 nitrogen and oxygen atoms in total. The molecular weight excluding hydrogens is 228 g/mol. The van der Waals surface area contributed by atoms with Crippen molar-refractivity contribution in [2.24, 2.45) is 0 Å². The van der Waals surface area contributed by atoms with Gasteiger partial charge in [0.25, 0.3) is 5.91 Å². The average molecular weight is 254 g/mol. The van der Waals surface area contributed by atoms with E-state index in [4.69, 9.17) is 0 Å². The van der Waals surface area contributed by atoms with Gasteiger partial charge >= 0.3 is 0 Å². The standard InChI is InChI=1S/C14H26N2O2/c1-16(2)12-7-5-6-11(10-12)15-13(17)14(18)8-3-4-9-14/h11-12,18H,3-10H2,1-2H3,(H,15,17). The minimum absolute atomic E-state index is 0.135. The van der Waals surface area contributed by atoms with E-state index in [0.29, 0.717) is 18.9 Å². The molecule has 0 bridgehead atoms. The second-order valence-corrected chi connectivity index (χ2v) is 6.19. The Morgan fingerprint density at radius 2 is 1.89 bits per heavy atom. The molecule has 4 heteroatoms. The highest BCUT2D eigenvalue weighted by Gasteiger charge is 2.40. The zero-order valence-electron chi connectivity index (χ0n) is 11.6. The third kappa shape index (κ3) is 3.04. The first kappa shape index (κ1) is 13.8. The van der Waals surface area contributed by atoms with Gasteiger partial charge in [-0.1, -0.05) is 0 Å². The van der Waals surface area contributed by atoms with E-state index in [1.165, 1.54) is 6.42 Å². The van der Waals surface area contributed by atoms with Crippen LogP contribution in [0.25, 0.3) is 0 Å². The summed E-state index contributed by atoms with van der Waals surface area (Å²) in [6.07, 6.45) is 7.62. The number of hydrogen-bond acceptors (Lipinski definition) is 3. The summed E-state index contributed by atoms with van der Waals surface area (Å²) in [4.78, 5) is 14.4. The molecule has 2 aliphatic rings. The summed E-state index contributed by atoms with van der Waals surface area (Å²) in [6, 6.07) is 0.797. The number of hydrogen-bond donors (Lipinski definition) is 2. The summed E-state index contributed by atoms with van der Waals surface area (Å²) in [7, 11) is 4.19. The van der Waals surface area contributed by atoms with Gasteiger partial charge in [0, 0.05) is 12.1 Å². The van der Waals surface area contributed by atoms with Crippen LogP contribution in [0.4, 0.5) is 0 Å². The van der Waals surface area contributed by atoms with Crippen LogP contribution in [0.5, 0.6) is 0 Å². The van der Waals surface area contributed by atoms with Crippen molar-refractivity contribution in [3.05, 3.63) is 0 Å². The smallest absolute Gasteiger partial charge is 0.252 e. The molecule has 2 fully saturated rings. The van der Waals surface area contributed by atoms with E-state index < -0.39 is 5.60 Å². The van der Waals surface area contributed by atoms with Crippen LogP contribution >= 0.6 is 0 Å². The Hall–Kier alpha value is -0.610. The molecule has 104 valence electrons. The zero-order chi connectivity index (χ0) is 13.2. The van der Waals surface area contributed by atoms with Gasteiger partial charge in [-0.05, 0) is 65.5 Å². The fourth-order valence-corrected chi connectivity index (χ4v) is 3.27. The SMILES string of the molecule is CN(C)C1CCCC(NC(=O)C2(O)CCCC2)C1. The van der Waals surface area contributed by atoms with Crippen LogP contribution in [-0.2, 0) is 4.79 Å². The van der Waals surface area contributed by atoms with Crippen molar-refractivity contribution in [1.82, 2.24) is 10.2 Å². The molecule has 18 heavy (non-hydrogen) atoms. The van der Waals surface area contributed by atoms with Crippen molar-refractivity contribution < 1.29 is 9.90 Å². The minimum atomic E-state index is -1.08. The van der Waals surface area contributed by atoms with Crippen molar-refractivity contribution in [3.8, 4) is 0 Å². The first-order chi connectivity index (χ1) is 8.51. The highest BCUT2D eigenvalue weighted by atomic mass is 16.3. The largest absolute Gasteiger partial charge is 0.380 e. The molecule has 0 heterocycles. The van der Waals surface area contributed by atoms with Crippen molar-refractivity contribution in [2.75, 3.05) is 14.1 Å². The first-order valence-electron chi connectivity index (χ1n) is 7.21. The van der Waals surface area contributed by atoms with Gasteiger partial charge in [0.2, 0.25) is 0 Å². The fraction of sp³-hybridized carbons (Fsp3) is 0.929. The molecule has 2 atom stereocenters. The van der Waals surface area contributed by atoms with Gasteiger partial charge in [0.15, 0.2) is 0 Å². The highest BCUT2D eigenvalue weighted by molar-refractivity contribution is 5.85. The summed E-state index contributed by atoms with van der Waals surface area (Å²) in [5, 5.41) is 13.3.